The van der Waals surface area contributed by atoms with E-state index in [9.17, 15) is 5.11 Å². The van der Waals surface area contributed by atoms with Crippen molar-refractivity contribution in [1.29, 1.82) is 0 Å². The van der Waals surface area contributed by atoms with Crippen LogP contribution in [0.2, 0.25) is 0 Å². The van der Waals surface area contributed by atoms with Crippen LogP contribution in [0.3, 0.4) is 0 Å². The zero-order chi connectivity index (χ0) is 13.9. The molecule has 0 atom stereocenters. The van der Waals surface area contributed by atoms with Crippen molar-refractivity contribution >= 4 is 0 Å². The fourth-order valence-corrected chi connectivity index (χ4v) is 2.25. The van der Waals surface area contributed by atoms with Gasteiger partial charge < -0.3 is 5.11 Å². The number of aryl methyl sites for hydroxylation is 1. The molecule has 2 heteroatoms. The average Bonchev–Trinajstić information content (AvgIpc) is 2.48. The van der Waals surface area contributed by atoms with E-state index in [0.717, 1.165) is 22.4 Å². The van der Waals surface area contributed by atoms with Gasteiger partial charge in [0.25, 0.3) is 0 Å². The lowest BCUT2D eigenvalue weighted by Gasteiger charge is -2.09. The van der Waals surface area contributed by atoms with Gasteiger partial charge in [-0.05, 0) is 30.7 Å². The van der Waals surface area contributed by atoms with E-state index in [2.05, 4.69) is 36.2 Å². The van der Waals surface area contributed by atoms with Gasteiger partial charge in [-0.25, -0.2) is 0 Å². The summed E-state index contributed by atoms with van der Waals surface area (Å²) in [6.07, 6.45) is 1.79. The summed E-state index contributed by atoms with van der Waals surface area (Å²) in [6, 6.07) is 19.5. The van der Waals surface area contributed by atoms with Crippen LogP contribution in [0.25, 0.3) is 22.4 Å². The van der Waals surface area contributed by atoms with Crippen molar-refractivity contribution < 1.29 is 5.11 Å². The summed E-state index contributed by atoms with van der Waals surface area (Å²) in [5.41, 5.74) is 5.22. The highest BCUT2D eigenvalue weighted by Gasteiger charge is 2.08. The van der Waals surface area contributed by atoms with Crippen molar-refractivity contribution in [2.75, 3.05) is 0 Å². The monoisotopic (exact) mass is 261 g/mol. The Labute approximate surface area is 118 Å². The first-order valence-corrected chi connectivity index (χ1v) is 6.55. The molecule has 0 aliphatic rings. The number of nitrogens with zero attached hydrogens (tertiary/aromatic N) is 1. The normalized spacial score (nSPS) is 10.4. The topological polar surface area (TPSA) is 33.1 Å². The summed E-state index contributed by atoms with van der Waals surface area (Å²) in [4.78, 5) is 4.50. The van der Waals surface area contributed by atoms with E-state index in [1.165, 1.54) is 5.56 Å². The van der Waals surface area contributed by atoms with Gasteiger partial charge in [-0.15, -0.1) is 0 Å². The number of phenolic OH excluding ortho intramolecular Hbond substituents is 1. The van der Waals surface area contributed by atoms with Crippen molar-refractivity contribution in [3.63, 3.8) is 0 Å². The molecule has 1 aromatic heterocycles. The Kier molecular flexibility index (Phi) is 3.21. The summed E-state index contributed by atoms with van der Waals surface area (Å²) in [5.74, 6) is 0.265. The minimum absolute atomic E-state index is 0.265. The van der Waals surface area contributed by atoms with Crippen molar-refractivity contribution in [3.8, 4) is 28.1 Å². The Morgan fingerprint density at radius 1 is 0.850 bits per heavy atom. The molecule has 0 radical (unpaired) electrons. The lowest BCUT2D eigenvalue weighted by atomic mass is 9.99. The number of phenols is 1. The Balaban J connectivity index is 2.16. The first kappa shape index (κ1) is 12.4. The Bertz CT molecular complexity index is 732. The fraction of sp³-hybridized carbons (Fsp3) is 0.0556. The number of aromatic nitrogens is 1. The van der Waals surface area contributed by atoms with Crippen LogP contribution in [0.4, 0.5) is 0 Å². The third kappa shape index (κ3) is 2.41. The molecule has 0 bridgehead atoms. The molecule has 98 valence electrons. The van der Waals surface area contributed by atoms with E-state index >= 15 is 0 Å². The van der Waals surface area contributed by atoms with E-state index in [1.54, 1.807) is 18.3 Å². The molecule has 0 spiro atoms. The van der Waals surface area contributed by atoms with Crippen molar-refractivity contribution in [2.24, 2.45) is 0 Å². The van der Waals surface area contributed by atoms with Gasteiger partial charge in [0, 0.05) is 17.3 Å². The van der Waals surface area contributed by atoms with Gasteiger partial charge >= 0.3 is 0 Å². The lowest BCUT2D eigenvalue weighted by Crippen LogP contribution is -1.88. The second kappa shape index (κ2) is 5.17. The molecule has 3 rings (SSSR count). The molecule has 0 aliphatic heterocycles. The molecular formula is C18H15NO. The molecule has 0 fully saturated rings. The third-order valence-corrected chi connectivity index (χ3v) is 3.29. The maximum Gasteiger partial charge on any atom is 0.116 e. The van der Waals surface area contributed by atoms with Crippen molar-refractivity contribution in [3.05, 3.63) is 72.4 Å². The first-order chi connectivity index (χ1) is 9.74. The van der Waals surface area contributed by atoms with Gasteiger partial charge in [0.2, 0.25) is 0 Å². The molecule has 0 unspecified atom stereocenters. The van der Waals surface area contributed by atoms with E-state index < -0.39 is 0 Å². The largest absolute Gasteiger partial charge is 0.508 e. The van der Waals surface area contributed by atoms with Crippen molar-refractivity contribution in [2.45, 2.75) is 6.92 Å². The minimum Gasteiger partial charge on any atom is -0.508 e. The van der Waals surface area contributed by atoms with Gasteiger partial charge in [-0.2, -0.15) is 0 Å². The minimum atomic E-state index is 0.265. The van der Waals surface area contributed by atoms with Crippen LogP contribution in [-0.4, -0.2) is 10.1 Å². The van der Waals surface area contributed by atoms with E-state index in [-0.39, 0.29) is 5.75 Å². The number of pyridine rings is 1. The van der Waals surface area contributed by atoms with E-state index in [1.807, 2.05) is 24.3 Å². The average molecular weight is 261 g/mol. The van der Waals surface area contributed by atoms with Gasteiger partial charge in [-0.1, -0.05) is 48.0 Å². The molecule has 2 nitrogen and oxygen atoms in total. The Hall–Kier alpha value is -2.61. The summed E-state index contributed by atoms with van der Waals surface area (Å²) in [7, 11) is 0. The molecule has 1 heterocycles. The van der Waals surface area contributed by atoms with E-state index in [0.29, 0.717) is 0 Å². The van der Waals surface area contributed by atoms with Gasteiger partial charge in [-0.3, -0.25) is 4.98 Å². The summed E-state index contributed by atoms with van der Waals surface area (Å²) < 4.78 is 0. The van der Waals surface area contributed by atoms with Crippen molar-refractivity contribution in [1.82, 2.24) is 4.98 Å². The zero-order valence-corrected chi connectivity index (χ0v) is 11.2. The summed E-state index contributed by atoms with van der Waals surface area (Å²) in [6.45, 7) is 2.07. The first-order valence-electron chi connectivity index (χ1n) is 6.55. The van der Waals surface area contributed by atoms with Gasteiger partial charge in [0.05, 0.1) is 5.69 Å². The molecule has 0 saturated heterocycles. The van der Waals surface area contributed by atoms with Crippen LogP contribution < -0.4 is 0 Å². The molecule has 2 aromatic carbocycles. The van der Waals surface area contributed by atoms with Crippen LogP contribution in [0.5, 0.6) is 5.75 Å². The van der Waals surface area contributed by atoms with Crippen LogP contribution in [0.1, 0.15) is 5.56 Å². The second-order valence-corrected chi connectivity index (χ2v) is 4.82. The maximum absolute atomic E-state index is 9.65. The summed E-state index contributed by atoms with van der Waals surface area (Å²) in [5, 5.41) is 9.65. The van der Waals surface area contributed by atoms with Gasteiger partial charge in [0.1, 0.15) is 5.75 Å². The SMILES string of the molecule is Cc1ccc(-c2ncccc2-c2cccc(O)c2)cc1. The highest BCUT2D eigenvalue weighted by molar-refractivity contribution is 5.81. The quantitative estimate of drug-likeness (QED) is 0.740. The highest BCUT2D eigenvalue weighted by atomic mass is 16.3. The summed E-state index contributed by atoms with van der Waals surface area (Å²) >= 11 is 0. The number of hydrogen-bond donors (Lipinski definition) is 1. The molecule has 0 aliphatic carbocycles. The molecule has 1 N–H and O–H groups in total. The molecule has 0 amide bonds. The molecular weight excluding hydrogens is 246 g/mol. The Morgan fingerprint density at radius 2 is 1.65 bits per heavy atom. The Morgan fingerprint density at radius 3 is 2.40 bits per heavy atom. The number of rotatable bonds is 2. The lowest BCUT2D eigenvalue weighted by molar-refractivity contribution is 0.475. The molecule has 3 aromatic rings. The number of aromatic hydroxyl groups is 1. The highest BCUT2D eigenvalue weighted by Crippen LogP contribution is 2.31. The van der Waals surface area contributed by atoms with E-state index in [4.69, 9.17) is 0 Å². The fourth-order valence-electron chi connectivity index (χ4n) is 2.25. The second-order valence-electron chi connectivity index (χ2n) is 4.82. The smallest absolute Gasteiger partial charge is 0.116 e. The predicted octanol–water partition coefficient (Wildman–Crippen LogP) is 4.43. The standard InChI is InChI=1S/C18H15NO/c1-13-7-9-14(10-8-13)18-17(6-3-11-19-18)15-4-2-5-16(20)12-15/h2-12,20H,1H3. The molecule has 20 heavy (non-hydrogen) atoms. The molecule has 0 saturated carbocycles. The van der Waals surface area contributed by atoms with Crippen LogP contribution in [0, 0.1) is 6.92 Å². The van der Waals surface area contributed by atoms with Gasteiger partial charge in [0.15, 0.2) is 0 Å². The zero-order valence-electron chi connectivity index (χ0n) is 11.2. The number of benzene rings is 2. The van der Waals surface area contributed by atoms with Crippen LogP contribution >= 0.6 is 0 Å². The van der Waals surface area contributed by atoms with Crippen LogP contribution in [-0.2, 0) is 0 Å². The third-order valence-electron chi connectivity index (χ3n) is 3.29. The number of hydrogen-bond acceptors (Lipinski definition) is 2. The van der Waals surface area contributed by atoms with Crippen LogP contribution in [0.15, 0.2) is 66.9 Å². The predicted molar refractivity (Wildman–Crippen MR) is 81.5 cm³/mol. The maximum atomic E-state index is 9.65.